The zero-order valence-electron chi connectivity index (χ0n) is 13.8. The Morgan fingerprint density at radius 3 is 2.56 bits per heavy atom. The molecule has 2 aromatic rings. The van der Waals surface area contributed by atoms with Crippen molar-refractivity contribution < 1.29 is 20.1 Å². The number of rotatable bonds is 4. The summed E-state index contributed by atoms with van der Waals surface area (Å²) in [6.45, 7) is -0.121. The van der Waals surface area contributed by atoms with E-state index in [0.717, 1.165) is 16.7 Å². The van der Waals surface area contributed by atoms with Gasteiger partial charge in [0, 0.05) is 12.8 Å². The van der Waals surface area contributed by atoms with E-state index in [-0.39, 0.29) is 24.6 Å². The summed E-state index contributed by atoms with van der Waals surface area (Å²) in [4.78, 5) is 0. The second-order valence-electron chi connectivity index (χ2n) is 6.43. The first-order valence-electron chi connectivity index (χ1n) is 8.34. The average molecular weight is 339 g/mol. The molecule has 0 aliphatic carbocycles. The van der Waals surface area contributed by atoms with Crippen molar-refractivity contribution in [2.45, 2.75) is 37.6 Å². The van der Waals surface area contributed by atoms with Crippen LogP contribution in [0.25, 0.3) is 0 Å². The van der Waals surface area contributed by atoms with E-state index in [9.17, 15) is 20.6 Å². The highest BCUT2D eigenvalue weighted by atomic mass is 16.5. The lowest BCUT2D eigenvalue weighted by molar-refractivity contribution is -0.113. The summed E-state index contributed by atoms with van der Waals surface area (Å²) >= 11 is 0. The number of phenols is 1. The van der Waals surface area contributed by atoms with Gasteiger partial charge in [0.15, 0.2) is 0 Å². The van der Waals surface area contributed by atoms with Crippen LogP contribution in [0.4, 0.5) is 0 Å². The monoisotopic (exact) mass is 339 g/mol. The van der Waals surface area contributed by atoms with Crippen molar-refractivity contribution in [3.8, 4) is 11.8 Å². The first-order valence-corrected chi connectivity index (χ1v) is 8.34. The predicted octanol–water partition coefficient (Wildman–Crippen LogP) is 2.43. The van der Waals surface area contributed by atoms with Crippen molar-refractivity contribution in [3.05, 3.63) is 64.7 Å². The number of hydrogen-bond donors (Lipinski definition) is 3. The van der Waals surface area contributed by atoms with Gasteiger partial charge in [-0.05, 0) is 41.3 Å². The van der Waals surface area contributed by atoms with Gasteiger partial charge in [-0.25, -0.2) is 0 Å². The number of aliphatic hydroxyl groups excluding tert-OH is 2. The highest BCUT2D eigenvalue weighted by molar-refractivity contribution is 5.44. The van der Waals surface area contributed by atoms with Gasteiger partial charge < -0.3 is 20.1 Å². The third kappa shape index (κ3) is 4.18. The summed E-state index contributed by atoms with van der Waals surface area (Å²) < 4.78 is 5.86. The van der Waals surface area contributed by atoms with Crippen LogP contribution in [0.2, 0.25) is 0 Å². The molecule has 5 nitrogen and oxygen atoms in total. The summed E-state index contributed by atoms with van der Waals surface area (Å²) in [7, 11) is 0. The largest absolute Gasteiger partial charge is 0.508 e. The fourth-order valence-electron chi connectivity index (χ4n) is 3.23. The van der Waals surface area contributed by atoms with Crippen molar-refractivity contribution in [1.29, 1.82) is 5.26 Å². The zero-order chi connectivity index (χ0) is 17.8. The van der Waals surface area contributed by atoms with Crippen LogP contribution in [0.3, 0.4) is 0 Å². The average Bonchev–Trinajstić information content (AvgIpc) is 2.63. The quantitative estimate of drug-likeness (QED) is 0.795. The van der Waals surface area contributed by atoms with Crippen molar-refractivity contribution in [3.63, 3.8) is 0 Å². The van der Waals surface area contributed by atoms with Crippen molar-refractivity contribution in [2.24, 2.45) is 0 Å². The second-order valence-corrected chi connectivity index (χ2v) is 6.43. The first kappa shape index (κ1) is 17.4. The molecule has 0 aromatic heterocycles. The molecule has 1 heterocycles. The molecule has 5 heteroatoms. The highest BCUT2D eigenvalue weighted by Crippen LogP contribution is 2.32. The van der Waals surface area contributed by atoms with E-state index >= 15 is 0 Å². The van der Waals surface area contributed by atoms with Crippen molar-refractivity contribution in [2.75, 3.05) is 6.61 Å². The molecule has 3 atom stereocenters. The Morgan fingerprint density at radius 2 is 1.88 bits per heavy atom. The Labute approximate surface area is 146 Å². The molecule has 1 aliphatic rings. The van der Waals surface area contributed by atoms with Crippen LogP contribution in [-0.4, -0.2) is 34.1 Å². The maximum atomic E-state index is 10.0. The van der Waals surface area contributed by atoms with Crippen LogP contribution in [0.5, 0.6) is 5.75 Å². The van der Waals surface area contributed by atoms with Gasteiger partial charge in [0.2, 0.25) is 0 Å². The molecule has 0 spiro atoms. The number of benzene rings is 2. The molecular formula is C20H21NO4. The van der Waals surface area contributed by atoms with E-state index in [1.807, 2.05) is 24.3 Å². The van der Waals surface area contributed by atoms with Gasteiger partial charge in [0.25, 0.3) is 0 Å². The Morgan fingerprint density at radius 1 is 1.12 bits per heavy atom. The molecule has 0 bridgehead atoms. The number of hydrogen-bond acceptors (Lipinski definition) is 5. The topological polar surface area (TPSA) is 93.7 Å². The minimum absolute atomic E-state index is 0.121. The minimum atomic E-state index is -0.507. The first-order chi connectivity index (χ1) is 12.1. The molecule has 1 fully saturated rings. The Bertz CT molecular complexity index is 766. The Balaban J connectivity index is 1.87. The molecule has 0 amide bonds. The van der Waals surface area contributed by atoms with Crippen LogP contribution in [0, 0.1) is 11.3 Å². The maximum absolute atomic E-state index is 10.0. The van der Waals surface area contributed by atoms with Gasteiger partial charge >= 0.3 is 0 Å². The van der Waals surface area contributed by atoms with Gasteiger partial charge in [-0.2, -0.15) is 5.26 Å². The second kappa shape index (κ2) is 7.66. The lowest BCUT2D eigenvalue weighted by Crippen LogP contribution is -2.33. The fraction of sp³-hybridized carbons (Fsp3) is 0.350. The zero-order valence-corrected chi connectivity index (χ0v) is 13.8. The predicted molar refractivity (Wildman–Crippen MR) is 92.0 cm³/mol. The standard InChI is InChI=1S/C20H21NO4/c21-11-15-4-3-14(20-10-18(24)9-19(12-22)25-20)8-16(15)7-13-1-5-17(23)6-2-13/h1-6,8,18-20,22-24H,7,9-10,12H2/t18?,19-,20+/m0/s1. The van der Waals surface area contributed by atoms with Gasteiger partial charge in [0.1, 0.15) is 5.75 Å². The Kier molecular flexibility index (Phi) is 5.34. The molecule has 1 saturated heterocycles. The summed E-state index contributed by atoms with van der Waals surface area (Å²) in [5.41, 5.74) is 3.34. The van der Waals surface area contributed by atoms with E-state index in [0.29, 0.717) is 24.8 Å². The summed E-state index contributed by atoms with van der Waals surface area (Å²) in [6.07, 6.45) is 0.296. The number of aliphatic hydroxyl groups is 2. The fourth-order valence-corrected chi connectivity index (χ4v) is 3.23. The molecule has 3 N–H and O–H groups in total. The van der Waals surface area contributed by atoms with Crippen molar-refractivity contribution >= 4 is 0 Å². The molecule has 25 heavy (non-hydrogen) atoms. The molecule has 0 saturated carbocycles. The number of nitriles is 1. The molecule has 1 unspecified atom stereocenters. The van der Waals surface area contributed by atoms with Crippen LogP contribution in [0.1, 0.15) is 41.2 Å². The lowest BCUT2D eigenvalue weighted by Gasteiger charge is -2.32. The number of phenolic OH excluding ortho intramolecular Hbond substituents is 1. The van der Waals surface area contributed by atoms with Crippen LogP contribution in [0.15, 0.2) is 42.5 Å². The third-order valence-electron chi connectivity index (χ3n) is 4.53. The molecule has 1 aliphatic heterocycles. The van der Waals surface area contributed by atoms with Crippen LogP contribution >= 0.6 is 0 Å². The van der Waals surface area contributed by atoms with Gasteiger partial charge in [-0.1, -0.05) is 24.3 Å². The maximum Gasteiger partial charge on any atom is 0.115 e. The molecule has 2 aromatic carbocycles. The van der Waals surface area contributed by atoms with E-state index in [1.54, 1.807) is 18.2 Å². The summed E-state index contributed by atoms with van der Waals surface area (Å²) in [5, 5.41) is 38.1. The Hall–Kier alpha value is -2.39. The number of nitrogens with zero attached hydrogens (tertiary/aromatic N) is 1. The van der Waals surface area contributed by atoms with E-state index in [4.69, 9.17) is 4.74 Å². The van der Waals surface area contributed by atoms with Gasteiger partial charge in [0.05, 0.1) is 36.6 Å². The SMILES string of the molecule is N#Cc1ccc([C@H]2CC(O)C[C@@H](CO)O2)cc1Cc1ccc(O)cc1. The smallest absolute Gasteiger partial charge is 0.115 e. The van der Waals surface area contributed by atoms with E-state index < -0.39 is 6.10 Å². The highest BCUT2D eigenvalue weighted by Gasteiger charge is 2.29. The van der Waals surface area contributed by atoms with Crippen molar-refractivity contribution in [1.82, 2.24) is 0 Å². The molecular weight excluding hydrogens is 318 g/mol. The molecule has 130 valence electrons. The van der Waals surface area contributed by atoms with E-state index in [2.05, 4.69) is 6.07 Å². The number of ether oxygens (including phenoxy) is 1. The van der Waals surface area contributed by atoms with Crippen LogP contribution < -0.4 is 0 Å². The van der Waals surface area contributed by atoms with Gasteiger partial charge in [-0.3, -0.25) is 0 Å². The number of aromatic hydroxyl groups is 1. The van der Waals surface area contributed by atoms with Gasteiger partial charge in [-0.15, -0.1) is 0 Å². The lowest BCUT2D eigenvalue weighted by atomic mass is 9.92. The minimum Gasteiger partial charge on any atom is -0.508 e. The van der Waals surface area contributed by atoms with E-state index in [1.165, 1.54) is 0 Å². The summed E-state index contributed by atoms with van der Waals surface area (Å²) in [6, 6.07) is 14.6. The summed E-state index contributed by atoms with van der Waals surface area (Å²) in [5.74, 6) is 0.206. The molecule has 3 rings (SSSR count). The normalized spacial score (nSPS) is 23.2. The molecule has 0 radical (unpaired) electrons. The van der Waals surface area contributed by atoms with Crippen LogP contribution in [-0.2, 0) is 11.2 Å². The third-order valence-corrected chi connectivity index (χ3v) is 4.53.